The summed E-state index contributed by atoms with van der Waals surface area (Å²) in [7, 11) is 0. The summed E-state index contributed by atoms with van der Waals surface area (Å²) in [6.45, 7) is 3.29. The standard InChI is InChI=1S/C16H21NO4/c1-3-5-12-6-4-7-13(10-12)8-9-14(19)15(16(20)21)17-11(2)18/h4,6-7,10,15H,3,5,8-9H2,1-2H3,(H,17,18)(H,20,21). The fourth-order valence-electron chi connectivity index (χ4n) is 2.12. The number of nitrogens with one attached hydrogen (secondary N) is 1. The van der Waals surface area contributed by atoms with Crippen LogP contribution in [0.25, 0.3) is 0 Å². The molecule has 1 amide bonds. The number of aryl methyl sites for hydroxylation is 2. The van der Waals surface area contributed by atoms with Gasteiger partial charge in [0.15, 0.2) is 11.8 Å². The average Bonchev–Trinajstić information content (AvgIpc) is 2.42. The van der Waals surface area contributed by atoms with Crippen LogP contribution in [-0.2, 0) is 27.2 Å². The molecule has 5 heteroatoms. The first-order chi connectivity index (χ1) is 9.93. The minimum Gasteiger partial charge on any atom is -0.479 e. The van der Waals surface area contributed by atoms with E-state index in [-0.39, 0.29) is 6.42 Å². The fourth-order valence-corrected chi connectivity index (χ4v) is 2.12. The van der Waals surface area contributed by atoms with Crippen LogP contribution < -0.4 is 5.32 Å². The highest BCUT2D eigenvalue weighted by Gasteiger charge is 2.26. The number of carboxylic acid groups (broad SMARTS) is 1. The Labute approximate surface area is 124 Å². The highest BCUT2D eigenvalue weighted by molar-refractivity contribution is 6.04. The van der Waals surface area contributed by atoms with Gasteiger partial charge >= 0.3 is 5.97 Å². The molecule has 0 radical (unpaired) electrons. The van der Waals surface area contributed by atoms with Gasteiger partial charge in [0, 0.05) is 13.3 Å². The molecule has 0 bridgehead atoms. The Balaban J connectivity index is 2.64. The van der Waals surface area contributed by atoms with Crippen molar-refractivity contribution in [3.63, 3.8) is 0 Å². The molecule has 1 unspecified atom stereocenters. The van der Waals surface area contributed by atoms with E-state index in [4.69, 9.17) is 5.11 Å². The Bertz CT molecular complexity index is 525. The summed E-state index contributed by atoms with van der Waals surface area (Å²) in [6, 6.07) is 6.46. The molecule has 0 aliphatic heterocycles. The molecule has 1 aromatic carbocycles. The summed E-state index contributed by atoms with van der Waals surface area (Å²) in [5.41, 5.74) is 2.21. The van der Waals surface area contributed by atoms with Gasteiger partial charge in [0.2, 0.25) is 5.91 Å². The molecule has 114 valence electrons. The predicted octanol–water partition coefficient (Wildman–Crippen LogP) is 1.73. The van der Waals surface area contributed by atoms with Crippen LogP contribution in [0, 0.1) is 0 Å². The molecule has 0 aromatic heterocycles. The molecule has 0 fully saturated rings. The molecule has 0 aliphatic carbocycles. The van der Waals surface area contributed by atoms with Gasteiger partial charge in [-0.2, -0.15) is 0 Å². The van der Waals surface area contributed by atoms with E-state index in [1.165, 1.54) is 12.5 Å². The van der Waals surface area contributed by atoms with Crippen LogP contribution in [-0.4, -0.2) is 28.8 Å². The van der Waals surface area contributed by atoms with Gasteiger partial charge in [-0.05, 0) is 24.0 Å². The van der Waals surface area contributed by atoms with Gasteiger partial charge in [-0.1, -0.05) is 37.6 Å². The summed E-state index contributed by atoms with van der Waals surface area (Å²) in [5.74, 6) is -2.34. The van der Waals surface area contributed by atoms with E-state index in [9.17, 15) is 14.4 Å². The average molecular weight is 291 g/mol. The number of carbonyl (C=O) groups is 3. The molecule has 0 saturated carbocycles. The number of aliphatic carboxylic acids is 1. The Hall–Kier alpha value is -2.17. The van der Waals surface area contributed by atoms with Crippen LogP contribution in [0.1, 0.15) is 37.8 Å². The van der Waals surface area contributed by atoms with Crippen LogP contribution in [0.15, 0.2) is 24.3 Å². The van der Waals surface area contributed by atoms with Crippen LogP contribution in [0.3, 0.4) is 0 Å². The number of hydrogen-bond donors (Lipinski definition) is 2. The molecule has 2 N–H and O–H groups in total. The fraction of sp³-hybridized carbons (Fsp3) is 0.438. The molecule has 1 aromatic rings. The summed E-state index contributed by atoms with van der Waals surface area (Å²) < 4.78 is 0. The van der Waals surface area contributed by atoms with Gasteiger partial charge in [0.25, 0.3) is 0 Å². The predicted molar refractivity (Wildman–Crippen MR) is 79.0 cm³/mol. The minimum absolute atomic E-state index is 0.0901. The van der Waals surface area contributed by atoms with E-state index in [1.807, 2.05) is 24.3 Å². The monoisotopic (exact) mass is 291 g/mol. The lowest BCUT2D eigenvalue weighted by Gasteiger charge is -2.12. The first kappa shape index (κ1) is 16.9. The maximum Gasteiger partial charge on any atom is 0.334 e. The summed E-state index contributed by atoms with van der Waals surface area (Å²) in [5, 5.41) is 11.1. The molecular formula is C16H21NO4. The van der Waals surface area contributed by atoms with Gasteiger partial charge in [0.05, 0.1) is 0 Å². The molecule has 0 aliphatic rings. The topological polar surface area (TPSA) is 83.5 Å². The Morgan fingerprint density at radius 1 is 1.19 bits per heavy atom. The maximum atomic E-state index is 11.9. The lowest BCUT2D eigenvalue weighted by molar-refractivity contribution is -0.145. The van der Waals surface area contributed by atoms with Crippen LogP contribution in [0.4, 0.5) is 0 Å². The molecule has 21 heavy (non-hydrogen) atoms. The van der Waals surface area contributed by atoms with Crippen LogP contribution in [0.5, 0.6) is 0 Å². The number of carbonyl (C=O) groups excluding carboxylic acids is 2. The normalized spacial score (nSPS) is 11.7. The second kappa shape index (κ2) is 8.19. The van der Waals surface area contributed by atoms with E-state index in [0.29, 0.717) is 6.42 Å². The third kappa shape index (κ3) is 5.77. The lowest BCUT2D eigenvalue weighted by atomic mass is 10.0. The number of ketones is 1. The van der Waals surface area contributed by atoms with Crippen molar-refractivity contribution in [2.45, 2.75) is 45.6 Å². The van der Waals surface area contributed by atoms with Crippen molar-refractivity contribution in [2.75, 3.05) is 0 Å². The number of Topliss-reactive ketones (excluding diaryl/α,β-unsaturated/α-hetero) is 1. The van der Waals surface area contributed by atoms with Gasteiger partial charge in [0.1, 0.15) is 0 Å². The van der Waals surface area contributed by atoms with E-state index in [2.05, 4.69) is 12.2 Å². The first-order valence-electron chi connectivity index (χ1n) is 7.04. The highest BCUT2D eigenvalue weighted by Crippen LogP contribution is 2.10. The van der Waals surface area contributed by atoms with Crippen LogP contribution in [0.2, 0.25) is 0 Å². The van der Waals surface area contributed by atoms with Crippen molar-refractivity contribution in [3.05, 3.63) is 35.4 Å². The minimum atomic E-state index is -1.46. The van der Waals surface area contributed by atoms with Crippen molar-refractivity contribution in [2.24, 2.45) is 0 Å². The van der Waals surface area contributed by atoms with Crippen molar-refractivity contribution >= 4 is 17.7 Å². The Morgan fingerprint density at radius 2 is 1.81 bits per heavy atom. The van der Waals surface area contributed by atoms with E-state index < -0.39 is 23.7 Å². The highest BCUT2D eigenvalue weighted by atomic mass is 16.4. The van der Waals surface area contributed by atoms with Crippen molar-refractivity contribution in [1.29, 1.82) is 0 Å². The zero-order valence-electron chi connectivity index (χ0n) is 12.4. The summed E-state index contributed by atoms with van der Waals surface area (Å²) >= 11 is 0. The van der Waals surface area contributed by atoms with Gasteiger partial charge in [-0.3, -0.25) is 9.59 Å². The maximum absolute atomic E-state index is 11.9. The number of benzene rings is 1. The van der Waals surface area contributed by atoms with Crippen molar-refractivity contribution in [3.8, 4) is 0 Å². The number of rotatable bonds is 8. The zero-order chi connectivity index (χ0) is 15.8. The van der Waals surface area contributed by atoms with E-state index in [0.717, 1.165) is 18.4 Å². The zero-order valence-corrected chi connectivity index (χ0v) is 12.4. The largest absolute Gasteiger partial charge is 0.479 e. The summed E-state index contributed by atoms with van der Waals surface area (Å²) in [6.07, 6.45) is 2.59. The first-order valence-corrected chi connectivity index (χ1v) is 7.04. The smallest absolute Gasteiger partial charge is 0.334 e. The second-order valence-corrected chi connectivity index (χ2v) is 5.01. The molecule has 0 heterocycles. The molecular weight excluding hydrogens is 270 g/mol. The van der Waals surface area contributed by atoms with E-state index >= 15 is 0 Å². The number of hydrogen-bond acceptors (Lipinski definition) is 3. The number of carboxylic acids is 1. The molecule has 0 saturated heterocycles. The summed E-state index contributed by atoms with van der Waals surface area (Å²) in [4.78, 5) is 33.8. The second-order valence-electron chi connectivity index (χ2n) is 5.01. The molecule has 1 rings (SSSR count). The van der Waals surface area contributed by atoms with Gasteiger partial charge in [-0.15, -0.1) is 0 Å². The lowest BCUT2D eigenvalue weighted by Crippen LogP contribution is -2.45. The van der Waals surface area contributed by atoms with E-state index in [1.54, 1.807) is 0 Å². The van der Waals surface area contributed by atoms with Gasteiger partial charge < -0.3 is 10.4 Å². The third-order valence-corrected chi connectivity index (χ3v) is 3.11. The quantitative estimate of drug-likeness (QED) is 0.714. The van der Waals surface area contributed by atoms with Crippen molar-refractivity contribution < 1.29 is 19.5 Å². The Morgan fingerprint density at radius 3 is 2.33 bits per heavy atom. The molecule has 1 atom stereocenters. The SMILES string of the molecule is CCCc1cccc(CCC(=O)C(NC(C)=O)C(=O)O)c1. The number of amides is 1. The molecule has 5 nitrogen and oxygen atoms in total. The Kier molecular flexibility index (Phi) is 6.59. The third-order valence-electron chi connectivity index (χ3n) is 3.11. The molecule has 0 spiro atoms. The van der Waals surface area contributed by atoms with Crippen LogP contribution >= 0.6 is 0 Å². The van der Waals surface area contributed by atoms with Gasteiger partial charge in [-0.25, -0.2) is 4.79 Å². The van der Waals surface area contributed by atoms with Crippen molar-refractivity contribution in [1.82, 2.24) is 5.32 Å².